The van der Waals surface area contributed by atoms with Gasteiger partial charge in [0.1, 0.15) is 5.82 Å². The molecule has 3 heteroatoms. The van der Waals surface area contributed by atoms with Crippen molar-refractivity contribution in [2.75, 3.05) is 0 Å². The molecule has 1 aromatic carbocycles. The Kier molecular flexibility index (Phi) is 3.32. The van der Waals surface area contributed by atoms with Gasteiger partial charge in [-0.15, -0.1) is 0 Å². The van der Waals surface area contributed by atoms with Crippen molar-refractivity contribution >= 4 is 0 Å². The molecule has 0 atom stereocenters. The summed E-state index contributed by atoms with van der Waals surface area (Å²) < 4.78 is 0. The Hall–Kier alpha value is -1.90. The van der Waals surface area contributed by atoms with Crippen molar-refractivity contribution < 1.29 is 0 Å². The van der Waals surface area contributed by atoms with Crippen LogP contribution in [0.3, 0.4) is 0 Å². The first-order valence-electron chi connectivity index (χ1n) is 6.20. The molecule has 2 aromatic rings. The number of aromatic nitrogens is 2. The normalized spacial score (nSPS) is 10.7. The van der Waals surface area contributed by atoms with E-state index in [-0.39, 0.29) is 5.56 Å². The van der Waals surface area contributed by atoms with Crippen molar-refractivity contribution in [3.63, 3.8) is 0 Å². The summed E-state index contributed by atoms with van der Waals surface area (Å²) in [6, 6.07) is 6.15. The van der Waals surface area contributed by atoms with E-state index >= 15 is 0 Å². The standard InChI is InChI=1S/C15H18N2O/c1-5-13-11(4)15(18)17-14(16-13)12-7-6-9(2)8-10(12)3/h6-8H,5H2,1-4H3,(H,16,17,18). The number of aryl methyl sites for hydroxylation is 3. The fourth-order valence-corrected chi connectivity index (χ4v) is 2.13. The topological polar surface area (TPSA) is 45.8 Å². The maximum absolute atomic E-state index is 11.9. The minimum absolute atomic E-state index is 0.0446. The molecule has 1 N–H and O–H groups in total. The van der Waals surface area contributed by atoms with Crippen LogP contribution in [0, 0.1) is 20.8 Å². The molecule has 1 aromatic heterocycles. The van der Waals surface area contributed by atoms with Crippen LogP contribution in [0.15, 0.2) is 23.0 Å². The van der Waals surface area contributed by atoms with Crippen molar-refractivity contribution in [2.24, 2.45) is 0 Å². The molecule has 0 bridgehead atoms. The zero-order valence-corrected chi connectivity index (χ0v) is 11.3. The molecule has 18 heavy (non-hydrogen) atoms. The molecular weight excluding hydrogens is 224 g/mol. The Bertz CT molecular complexity index is 641. The average Bonchev–Trinajstić information content (AvgIpc) is 2.32. The van der Waals surface area contributed by atoms with Crippen LogP contribution < -0.4 is 5.56 Å². The van der Waals surface area contributed by atoms with Gasteiger partial charge in [0.05, 0.1) is 5.69 Å². The van der Waals surface area contributed by atoms with Crippen molar-refractivity contribution in [1.82, 2.24) is 9.97 Å². The molecule has 0 unspecified atom stereocenters. The van der Waals surface area contributed by atoms with Crippen LogP contribution in [0.2, 0.25) is 0 Å². The van der Waals surface area contributed by atoms with Gasteiger partial charge in [0.15, 0.2) is 0 Å². The molecular formula is C15H18N2O. The van der Waals surface area contributed by atoms with E-state index in [1.54, 1.807) is 0 Å². The molecule has 0 saturated carbocycles. The summed E-state index contributed by atoms with van der Waals surface area (Å²) in [5.41, 5.74) is 4.87. The zero-order chi connectivity index (χ0) is 13.3. The molecule has 0 radical (unpaired) electrons. The second kappa shape index (κ2) is 4.77. The molecule has 0 saturated heterocycles. The number of nitrogens with one attached hydrogen (secondary N) is 1. The molecule has 0 spiro atoms. The maximum Gasteiger partial charge on any atom is 0.254 e. The highest BCUT2D eigenvalue weighted by molar-refractivity contribution is 5.60. The lowest BCUT2D eigenvalue weighted by atomic mass is 10.0. The smallest absolute Gasteiger partial charge is 0.254 e. The van der Waals surface area contributed by atoms with Gasteiger partial charge in [-0.2, -0.15) is 0 Å². The molecule has 0 aliphatic carbocycles. The van der Waals surface area contributed by atoms with Gasteiger partial charge in [0, 0.05) is 11.1 Å². The first kappa shape index (κ1) is 12.6. The number of aromatic amines is 1. The fraction of sp³-hybridized carbons (Fsp3) is 0.333. The van der Waals surface area contributed by atoms with Crippen LogP contribution >= 0.6 is 0 Å². The Balaban J connectivity index is 2.64. The van der Waals surface area contributed by atoms with E-state index < -0.39 is 0 Å². The number of hydrogen-bond donors (Lipinski definition) is 1. The lowest BCUT2D eigenvalue weighted by Gasteiger charge is -2.09. The molecule has 1 heterocycles. The van der Waals surface area contributed by atoms with Gasteiger partial charge in [-0.3, -0.25) is 4.79 Å². The molecule has 2 rings (SSSR count). The summed E-state index contributed by atoms with van der Waals surface area (Å²) in [6.45, 7) is 7.92. The number of H-pyrrole nitrogens is 1. The first-order valence-corrected chi connectivity index (χ1v) is 6.20. The van der Waals surface area contributed by atoms with Gasteiger partial charge in [-0.05, 0) is 32.8 Å². The SMILES string of the molecule is CCc1nc(-c2ccc(C)cc2C)[nH]c(=O)c1C. The summed E-state index contributed by atoms with van der Waals surface area (Å²) in [4.78, 5) is 19.3. The fourth-order valence-electron chi connectivity index (χ4n) is 2.13. The predicted molar refractivity (Wildman–Crippen MR) is 73.9 cm³/mol. The van der Waals surface area contributed by atoms with Gasteiger partial charge in [0.2, 0.25) is 0 Å². The second-order valence-corrected chi connectivity index (χ2v) is 4.66. The van der Waals surface area contributed by atoms with E-state index in [1.807, 2.05) is 32.9 Å². The zero-order valence-electron chi connectivity index (χ0n) is 11.3. The minimum Gasteiger partial charge on any atom is -0.306 e. The molecule has 0 aliphatic heterocycles. The summed E-state index contributed by atoms with van der Waals surface area (Å²) >= 11 is 0. The summed E-state index contributed by atoms with van der Waals surface area (Å²) in [5, 5.41) is 0. The van der Waals surface area contributed by atoms with Crippen LogP contribution in [0.5, 0.6) is 0 Å². The van der Waals surface area contributed by atoms with Crippen LogP contribution in [0.1, 0.15) is 29.3 Å². The number of rotatable bonds is 2. The third kappa shape index (κ3) is 2.21. The van der Waals surface area contributed by atoms with Crippen molar-refractivity contribution in [3.05, 3.63) is 50.9 Å². The lowest BCUT2D eigenvalue weighted by molar-refractivity contribution is 0.953. The monoisotopic (exact) mass is 242 g/mol. The number of benzene rings is 1. The predicted octanol–water partition coefficient (Wildman–Crippen LogP) is 2.92. The van der Waals surface area contributed by atoms with E-state index in [2.05, 4.69) is 23.0 Å². The van der Waals surface area contributed by atoms with Crippen LogP contribution in [0.4, 0.5) is 0 Å². The van der Waals surface area contributed by atoms with Gasteiger partial charge >= 0.3 is 0 Å². The Labute approximate surface area is 107 Å². The Morgan fingerprint density at radius 1 is 1.22 bits per heavy atom. The molecule has 0 fully saturated rings. The number of nitrogens with zero attached hydrogens (tertiary/aromatic N) is 1. The third-order valence-electron chi connectivity index (χ3n) is 3.22. The highest BCUT2D eigenvalue weighted by Gasteiger charge is 2.09. The maximum atomic E-state index is 11.9. The molecule has 94 valence electrons. The Morgan fingerprint density at radius 2 is 1.94 bits per heavy atom. The second-order valence-electron chi connectivity index (χ2n) is 4.66. The van der Waals surface area contributed by atoms with Crippen molar-refractivity contribution in [3.8, 4) is 11.4 Å². The van der Waals surface area contributed by atoms with Crippen molar-refractivity contribution in [1.29, 1.82) is 0 Å². The lowest BCUT2D eigenvalue weighted by Crippen LogP contribution is -2.16. The average molecular weight is 242 g/mol. The van der Waals surface area contributed by atoms with E-state index in [4.69, 9.17) is 0 Å². The highest BCUT2D eigenvalue weighted by Crippen LogP contribution is 2.20. The summed E-state index contributed by atoms with van der Waals surface area (Å²) in [6.07, 6.45) is 0.771. The number of hydrogen-bond acceptors (Lipinski definition) is 2. The molecule has 0 amide bonds. The molecule has 3 nitrogen and oxygen atoms in total. The van der Waals surface area contributed by atoms with Crippen molar-refractivity contribution in [2.45, 2.75) is 34.1 Å². The van der Waals surface area contributed by atoms with Gasteiger partial charge < -0.3 is 4.98 Å². The van der Waals surface area contributed by atoms with E-state index in [1.165, 1.54) is 5.56 Å². The Morgan fingerprint density at radius 3 is 2.56 bits per heavy atom. The van der Waals surface area contributed by atoms with E-state index in [9.17, 15) is 4.79 Å². The molecule has 0 aliphatic rings. The minimum atomic E-state index is -0.0446. The van der Waals surface area contributed by atoms with Crippen LogP contribution in [-0.4, -0.2) is 9.97 Å². The summed E-state index contributed by atoms with van der Waals surface area (Å²) in [5.74, 6) is 0.667. The van der Waals surface area contributed by atoms with Crippen LogP contribution in [-0.2, 0) is 6.42 Å². The van der Waals surface area contributed by atoms with Crippen LogP contribution in [0.25, 0.3) is 11.4 Å². The summed E-state index contributed by atoms with van der Waals surface area (Å²) in [7, 11) is 0. The van der Waals surface area contributed by atoms with E-state index in [0.29, 0.717) is 11.4 Å². The largest absolute Gasteiger partial charge is 0.306 e. The third-order valence-corrected chi connectivity index (χ3v) is 3.22. The first-order chi connectivity index (χ1) is 8.52. The van der Waals surface area contributed by atoms with Gasteiger partial charge in [-0.25, -0.2) is 4.98 Å². The highest BCUT2D eigenvalue weighted by atomic mass is 16.1. The quantitative estimate of drug-likeness (QED) is 0.880. The van der Waals surface area contributed by atoms with Gasteiger partial charge in [0.25, 0.3) is 5.56 Å². The van der Waals surface area contributed by atoms with E-state index in [0.717, 1.165) is 23.2 Å². The van der Waals surface area contributed by atoms with Gasteiger partial charge in [-0.1, -0.05) is 30.7 Å².